The van der Waals surface area contributed by atoms with Crippen molar-refractivity contribution in [3.05, 3.63) is 56.5 Å². The Morgan fingerprint density at radius 3 is 2.33 bits per heavy atom. The Morgan fingerprint density at radius 2 is 1.74 bits per heavy atom. The Hall–Kier alpha value is -3.56. The van der Waals surface area contributed by atoms with Crippen LogP contribution in [0.4, 0.5) is 5.69 Å². The second kappa shape index (κ2) is 8.70. The molecule has 0 radical (unpaired) electrons. The van der Waals surface area contributed by atoms with Crippen LogP contribution >= 0.6 is 0 Å². The van der Waals surface area contributed by atoms with Crippen molar-refractivity contribution in [2.24, 2.45) is 0 Å². The van der Waals surface area contributed by atoms with Gasteiger partial charge in [0.05, 0.1) is 32.4 Å². The Bertz CT molecular complexity index is 908. The number of carbonyl (C=O) groups excluding carboxylic acids is 1. The van der Waals surface area contributed by atoms with Gasteiger partial charge < -0.3 is 19.5 Å². The van der Waals surface area contributed by atoms with E-state index in [2.05, 4.69) is 5.32 Å². The molecule has 2 aromatic rings. The van der Waals surface area contributed by atoms with E-state index in [1.165, 1.54) is 21.3 Å². The number of nitro groups is 1. The van der Waals surface area contributed by atoms with Crippen LogP contribution in [0.25, 0.3) is 0 Å². The predicted molar refractivity (Wildman–Crippen MR) is 95.3 cm³/mol. The predicted octanol–water partition coefficient (Wildman–Crippen LogP) is 1.10. The van der Waals surface area contributed by atoms with E-state index in [0.29, 0.717) is 22.8 Å². The van der Waals surface area contributed by atoms with E-state index in [1.807, 2.05) is 0 Å². The largest absolute Gasteiger partial charge is 0.496 e. The van der Waals surface area contributed by atoms with Crippen LogP contribution in [0.2, 0.25) is 0 Å². The Kier molecular flexibility index (Phi) is 6.36. The molecule has 0 aliphatic rings. The van der Waals surface area contributed by atoms with E-state index in [9.17, 15) is 19.7 Å². The number of methoxy groups -OCH3 is 3. The molecule has 1 aromatic heterocycles. The first-order chi connectivity index (χ1) is 12.9. The van der Waals surface area contributed by atoms with Crippen molar-refractivity contribution in [2.45, 2.75) is 13.1 Å². The third-order valence-corrected chi connectivity index (χ3v) is 3.76. The lowest BCUT2D eigenvalue weighted by atomic mass is 10.1. The van der Waals surface area contributed by atoms with Crippen LogP contribution in [-0.2, 0) is 17.9 Å². The highest BCUT2D eigenvalue weighted by Gasteiger charge is 2.14. The summed E-state index contributed by atoms with van der Waals surface area (Å²) in [5, 5.41) is 13.4. The Labute approximate surface area is 154 Å². The van der Waals surface area contributed by atoms with Crippen molar-refractivity contribution in [3.63, 3.8) is 0 Å². The highest BCUT2D eigenvalue weighted by Crippen LogP contribution is 2.34. The van der Waals surface area contributed by atoms with E-state index in [0.717, 1.165) is 22.9 Å². The van der Waals surface area contributed by atoms with Crippen molar-refractivity contribution < 1.29 is 23.9 Å². The van der Waals surface area contributed by atoms with Gasteiger partial charge in [-0.05, 0) is 6.07 Å². The monoisotopic (exact) mass is 377 g/mol. The number of hydrogen-bond donors (Lipinski definition) is 1. The molecule has 10 heteroatoms. The molecule has 1 aromatic carbocycles. The van der Waals surface area contributed by atoms with Gasteiger partial charge in [-0.25, -0.2) is 0 Å². The average Bonchev–Trinajstić information content (AvgIpc) is 2.66. The maximum atomic E-state index is 12.2. The highest BCUT2D eigenvalue weighted by molar-refractivity contribution is 5.76. The summed E-state index contributed by atoms with van der Waals surface area (Å²) in [5.41, 5.74) is -0.154. The molecule has 0 aliphatic heterocycles. The molecule has 27 heavy (non-hydrogen) atoms. The number of ether oxygens (including phenoxy) is 3. The molecule has 0 bridgehead atoms. The van der Waals surface area contributed by atoms with Crippen LogP contribution in [-0.4, -0.2) is 36.7 Å². The number of benzene rings is 1. The minimum atomic E-state index is -0.637. The van der Waals surface area contributed by atoms with Crippen LogP contribution in [0, 0.1) is 10.1 Å². The molecule has 0 unspecified atom stereocenters. The number of rotatable bonds is 8. The first-order valence-electron chi connectivity index (χ1n) is 7.80. The van der Waals surface area contributed by atoms with Gasteiger partial charge in [-0.3, -0.25) is 24.3 Å². The fourth-order valence-electron chi connectivity index (χ4n) is 2.39. The Balaban J connectivity index is 2.13. The van der Waals surface area contributed by atoms with Gasteiger partial charge in [0.25, 0.3) is 11.2 Å². The van der Waals surface area contributed by atoms with E-state index in [1.54, 1.807) is 12.1 Å². The molecule has 2 rings (SSSR count). The summed E-state index contributed by atoms with van der Waals surface area (Å²) < 4.78 is 16.7. The van der Waals surface area contributed by atoms with Gasteiger partial charge in [-0.1, -0.05) is 0 Å². The van der Waals surface area contributed by atoms with Crippen LogP contribution in [0.3, 0.4) is 0 Å². The molecule has 1 amide bonds. The number of aromatic nitrogens is 1. The standard InChI is InChI=1S/C17H19N3O7/c1-25-13-7-15(27-3)14(26-2)6-11(13)8-18-16(21)10-19-9-12(20(23)24)4-5-17(19)22/h4-7,9H,8,10H2,1-3H3,(H,18,21). The molecule has 1 heterocycles. The molecular formula is C17H19N3O7. The summed E-state index contributed by atoms with van der Waals surface area (Å²) in [4.78, 5) is 34.1. The second-order valence-electron chi connectivity index (χ2n) is 5.41. The van der Waals surface area contributed by atoms with Crippen molar-refractivity contribution in [3.8, 4) is 17.2 Å². The van der Waals surface area contributed by atoms with Gasteiger partial charge in [-0.2, -0.15) is 0 Å². The molecule has 1 N–H and O–H groups in total. The zero-order valence-corrected chi connectivity index (χ0v) is 15.1. The molecule has 0 atom stereocenters. The smallest absolute Gasteiger partial charge is 0.285 e. The normalized spacial score (nSPS) is 10.2. The lowest BCUT2D eigenvalue weighted by molar-refractivity contribution is -0.385. The number of amides is 1. The van der Waals surface area contributed by atoms with E-state index in [4.69, 9.17) is 14.2 Å². The second-order valence-corrected chi connectivity index (χ2v) is 5.41. The van der Waals surface area contributed by atoms with Crippen LogP contribution in [0.15, 0.2) is 35.3 Å². The molecule has 144 valence electrons. The third kappa shape index (κ3) is 4.75. The minimum absolute atomic E-state index is 0.103. The van der Waals surface area contributed by atoms with Gasteiger partial charge >= 0.3 is 0 Å². The maximum Gasteiger partial charge on any atom is 0.285 e. The number of nitrogens with one attached hydrogen (secondary N) is 1. The zero-order chi connectivity index (χ0) is 20.0. The molecule has 0 spiro atoms. The fraction of sp³-hybridized carbons (Fsp3) is 0.294. The summed E-state index contributed by atoms with van der Waals surface area (Å²) in [6, 6.07) is 5.43. The van der Waals surface area contributed by atoms with E-state index < -0.39 is 16.4 Å². The van der Waals surface area contributed by atoms with Crippen LogP contribution in [0.1, 0.15) is 5.56 Å². The lowest BCUT2D eigenvalue weighted by Crippen LogP contribution is -2.31. The molecule has 0 saturated carbocycles. The van der Waals surface area contributed by atoms with Crippen molar-refractivity contribution in [1.82, 2.24) is 9.88 Å². The Morgan fingerprint density at radius 1 is 1.11 bits per heavy atom. The van der Waals surface area contributed by atoms with Gasteiger partial charge in [0, 0.05) is 30.3 Å². The van der Waals surface area contributed by atoms with Gasteiger partial charge in [0.1, 0.15) is 12.3 Å². The van der Waals surface area contributed by atoms with Gasteiger partial charge in [-0.15, -0.1) is 0 Å². The molecule has 0 aliphatic carbocycles. The quantitative estimate of drug-likeness (QED) is 0.540. The maximum absolute atomic E-state index is 12.2. The molecular weight excluding hydrogens is 358 g/mol. The molecule has 10 nitrogen and oxygen atoms in total. The first-order valence-corrected chi connectivity index (χ1v) is 7.80. The third-order valence-electron chi connectivity index (χ3n) is 3.76. The lowest BCUT2D eigenvalue weighted by Gasteiger charge is -2.14. The summed E-state index contributed by atoms with van der Waals surface area (Å²) in [6.07, 6.45) is 1.03. The first kappa shape index (κ1) is 19.8. The highest BCUT2D eigenvalue weighted by atomic mass is 16.6. The number of nitrogens with zero attached hydrogens (tertiary/aromatic N) is 2. The topological polar surface area (TPSA) is 122 Å². The SMILES string of the molecule is COc1cc(OC)c(OC)cc1CNC(=O)Cn1cc([N+](=O)[O-])ccc1=O. The summed E-state index contributed by atoms with van der Waals surface area (Å²) in [6.45, 7) is -0.248. The van der Waals surface area contributed by atoms with Crippen molar-refractivity contribution in [2.75, 3.05) is 21.3 Å². The fourth-order valence-corrected chi connectivity index (χ4v) is 2.39. The van der Waals surface area contributed by atoms with Crippen molar-refractivity contribution in [1.29, 1.82) is 0 Å². The number of hydrogen-bond acceptors (Lipinski definition) is 7. The van der Waals surface area contributed by atoms with Crippen molar-refractivity contribution >= 4 is 11.6 Å². The number of carbonyl (C=O) groups is 1. The van der Waals surface area contributed by atoms with Gasteiger partial charge in [0.2, 0.25) is 5.91 Å². The average molecular weight is 377 g/mol. The summed E-state index contributed by atoms with van der Waals surface area (Å²) >= 11 is 0. The zero-order valence-electron chi connectivity index (χ0n) is 15.1. The van der Waals surface area contributed by atoms with E-state index >= 15 is 0 Å². The van der Waals surface area contributed by atoms with Gasteiger partial charge in [0.15, 0.2) is 11.5 Å². The molecule has 0 fully saturated rings. The summed E-state index contributed by atoms with van der Waals surface area (Å²) in [5.74, 6) is 0.944. The van der Waals surface area contributed by atoms with E-state index in [-0.39, 0.29) is 18.8 Å². The van der Waals surface area contributed by atoms with Crippen LogP contribution < -0.4 is 25.1 Å². The minimum Gasteiger partial charge on any atom is -0.496 e. The molecule has 0 saturated heterocycles. The number of pyridine rings is 1. The summed E-state index contributed by atoms with van der Waals surface area (Å²) in [7, 11) is 4.46. The van der Waals surface area contributed by atoms with Crippen LogP contribution in [0.5, 0.6) is 17.2 Å².